The zero-order chi connectivity index (χ0) is 14.7. The summed E-state index contributed by atoms with van der Waals surface area (Å²) in [6.07, 6.45) is 1.72. The van der Waals surface area contributed by atoms with Crippen molar-refractivity contribution >= 4 is 34.2 Å². The molecule has 3 nitrogen and oxygen atoms in total. The van der Waals surface area contributed by atoms with Gasteiger partial charge in [-0.25, -0.2) is 4.79 Å². The zero-order valence-electron chi connectivity index (χ0n) is 11.0. The molecule has 0 bridgehead atoms. The molecule has 0 aliphatic rings. The summed E-state index contributed by atoms with van der Waals surface area (Å²) in [5.74, 6) is 0.415. The van der Waals surface area contributed by atoms with Gasteiger partial charge in [0.1, 0.15) is 17.9 Å². The molecule has 0 aliphatic carbocycles. The van der Waals surface area contributed by atoms with Crippen molar-refractivity contribution < 1.29 is 9.15 Å². The summed E-state index contributed by atoms with van der Waals surface area (Å²) in [5.41, 5.74) is 1.01. The second-order valence-corrected chi connectivity index (χ2v) is 5.37. The van der Waals surface area contributed by atoms with Crippen LogP contribution in [0.2, 0.25) is 5.02 Å². The molecule has 0 atom stereocenters. The van der Waals surface area contributed by atoms with Crippen molar-refractivity contribution in [2.75, 3.05) is 6.61 Å². The van der Waals surface area contributed by atoms with Gasteiger partial charge in [-0.15, -0.1) is 0 Å². The molecule has 0 spiro atoms. The standard InChI is InChI=1S/C15H14Cl2O3/c1-3-4-10-5-15(18)20-13-7-14(19-8-9(2)16)12(17)6-11(10)13/h5-7H,2-4,8H2,1H3. The highest BCUT2D eigenvalue weighted by atomic mass is 35.5. The van der Waals surface area contributed by atoms with Crippen LogP contribution in [0.3, 0.4) is 0 Å². The van der Waals surface area contributed by atoms with E-state index in [0.717, 1.165) is 23.8 Å². The first-order valence-corrected chi connectivity index (χ1v) is 6.99. The summed E-state index contributed by atoms with van der Waals surface area (Å²) in [5, 5.41) is 1.64. The van der Waals surface area contributed by atoms with Crippen LogP contribution in [0.5, 0.6) is 5.75 Å². The topological polar surface area (TPSA) is 39.4 Å². The molecular weight excluding hydrogens is 299 g/mol. The molecule has 0 saturated heterocycles. The van der Waals surface area contributed by atoms with E-state index >= 15 is 0 Å². The predicted molar refractivity (Wildman–Crippen MR) is 82.0 cm³/mol. The first-order valence-electron chi connectivity index (χ1n) is 6.23. The number of ether oxygens (including phenoxy) is 1. The van der Waals surface area contributed by atoms with E-state index in [9.17, 15) is 4.79 Å². The van der Waals surface area contributed by atoms with E-state index in [0.29, 0.717) is 21.4 Å². The van der Waals surface area contributed by atoms with E-state index in [2.05, 4.69) is 6.58 Å². The fourth-order valence-electron chi connectivity index (χ4n) is 1.97. The van der Waals surface area contributed by atoms with Gasteiger partial charge in [-0.1, -0.05) is 43.1 Å². The van der Waals surface area contributed by atoms with Gasteiger partial charge in [-0.05, 0) is 18.1 Å². The van der Waals surface area contributed by atoms with Crippen LogP contribution in [-0.4, -0.2) is 6.61 Å². The molecule has 0 fully saturated rings. The zero-order valence-corrected chi connectivity index (χ0v) is 12.6. The average Bonchev–Trinajstić information content (AvgIpc) is 2.37. The van der Waals surface area contributed by atoms with Gasteiger partial charge in [0.2, 0.25) is 0 Å². The van der Waals surface area contributed by atoms with Crippen LogP contribution in [-0.2, 0) is 6.42 Å². The molecule has 1 aromatic carbocycles. The van der Waals surface area contributed by atoms with Crippen molar-refractivity contribution in [2.45, 2.75) is 19.8 Å². The summed E-state index contributed by atoms with van der Waals surface area (Å²) < 4.78 is 10.6. The van der Waals surface area contributed by atoms with Crippen LogP contribution >= 0.6 is 23.2 Å². The lowest BCUT2D eigenvalue weighted by atomic mass is 10.1. The molecule has 5 heteroatoms. The van der Waals surface area contributed by atoms with E-state index in [1.54, 1.807) is 12.1 Å². The Kier molecular flexibility index (Phi) is 4.73. The van der Waals surface area contributed by atoms with Gasteiger partial charge in [-0.2, -0.15) is 0 Å². The Morgan fingerprint density at radius 3 is 2.80 bits per heavy atom. The fraction of sp³-hybridized carbons (Fsp3) is 0.267. The highest BCUT2D eigenvalue weighted by molar-refractivity contribution is 6.33. The quantitative estimate of drug-likeness (QED) is 0.761. The SMILES string of the molecule is C=C(Cl)COc1cc2oc(=O)cc(CCC)c2cc1Cl. The summed E-state index contributed by atoms with van der Waals surface area (Å²) in [6.45, 7) is 5.73. The van der Waals surface area contributed by atoms with E-state index in [4.69, 9.17) is 32.4 Å². The van der Waals surface area contributed by atoms with Crippen molar-refractivity contribution in [2.24, 2.45) is 0 Å². The molecule has 0 radical (unpaired) electrons. The van der Waals surface area contributed by atoms with Gasteiger partial charge in [-0.3, -0.25) is 0 Å². The Bertz CT molecular complexity index is 704. The third kappa shape index (κ3) is 3.35. The molecule has 1 heterocycles. The largest absolute Gasteiger partial charge is 0.486 e. The van der Waals surface area contributed by atoms with Crippen LogP contribution in [0.25, 0.3) is 11.0 Å². The molecule has 0 aliphatic heterocycles. The number of rotatable bonds is 5. The highest BCUT2D eigenvalue weighted by Crippen LogP contribution is 2.31. The van der Waals surface area contributed by atoms with Crippen LogP contribution in [0, 0.1) is 0 Å². The van der Waals surface area contributed by atoms with Gasteiger partial charge in [0.05, 0.1) is 5.02 Å². The Balaban J connectivity index is 2.53. The molecule has 2 aromatic rings. The maximum atomic E-state index is 11.6. The Morgan fingerprint density at radius 2 is 2.15 bits per heavy atom. The predicted octanol–water partition coefficient (Wildman–Crippen LogP) is 4.53. The number of fused-ring (bicyclic) bond motifs is 1. The van der Waals surface area contributed by atoms with E-state index in [-0.39, 0.29) is 12.2 Å². The second kappa shape index (κ2) is 6.33. The maximum Gasteiger partial charge on any atom is 0.336 e. The number of aryl methyl sites for hydroxylation is 1. The van der Waals surface area contributed by atoms with Crippen molar-refractivity contribution in [3.05, 3.63) is 50.8 Å². The van der Waals surface area contributed by atoms with E-state index in [1.807, 2.05) is 6.92 Å². The fourth-order valence-corrected chi connectivity index (χ4v) is 2.24. The van der Waals surface area contributed by atoms with Gasteiger partial charge in [0.15, 0.2) is 0 Å². The van der Waals surface area contributed by atoms with E-state index < -0.39 is 0 Å². The monoisotopic (exact) mass is 312 g/mol. The normalized spacial score (nSPS) is 10.8. The number of hydrogen-bond donors (Lipinski definition) is 0. The van der Waals surface area contributed by atoms with E-state index in [1.165, 1.54) is 6.07 Å². The van der Waals surface area contributed by atoms with Crippen LogP contribution in [0.1, 0.15) is 18.9 Å². The maximum absolute atomic E-state index is 11.6. The first-order chi connectivity index (χ1) is 9.51. The third-order valence-corrected chi connectivity index (χ3v) is 3.19. The van der Waals surface area contributed by atoms with Crippen LogP contribution in [0.4, 0.5) is 0 Å². The molecule has 20 heavy (non-hydrogen) atoms. The minimum atomic E-state index is -0.379. The van der Waals surface area contributed by atoms with Crippen molar-refractivity contribution in [3.8, 4) is 5.75 Å². The van der Waals surface area contributed by atoms with Crippen molar-refractivity contribution in [1.82, 2.24) is 0 Å². The number of halogens is 2. The smallest absolute Gasteiger partial charge is 0.336 e. The highest BCUT2D eigenvalue weighted by Gasteiger charge is 2.11. The minimum Gasteiger partial charge on any atom is -0.486 e. The summed E-state index contributed by atoms with van der Waals surface area (Å²) in [7, 11) is 0. The molecule has 1 aromatic heterocycles. The molecule has 0 unspecified atom stereocenters. The molecular formula is C15H14Cl2O3. The minimum absolute atomic E-state index is 0.145. The molecule has 2 rings (SSSR count). The van der Waals surface area contributed by atoms with Gasteiger partial charge >= 0.3 is 5.63 Å². The Hall–Kier alpha value is -1.45. The molecule has 0 saturated carbocycles. The van der Waals surface area contributed by atoms with Gasteiger partial charge < -0.3 is 9.15 Å². The Morgan fingerprint density at radius 1 is 1.40 bits per heavy atom. The number of benzene rings is 1. The van der Waals surface area contributed by atoms with Gasteiger partial charge in [0.25, 0.3) is 0 Å². The lowest BCUT2D eigenvalue weighted by Gasteiger charge is -2.10. The molecule has 0 amide bonds. The third-order valence-electron chi connectivity index (χ3n) is 2.79. The van der Waals surface area contributed by atoms with Crippen molar-refractivity contribution in [1.29, 1.82) is 0 Å². The van der Waals surface area contributed by atoms with Crippen LogP contribution in [0.15, 0.2) is 39.0 Å². The molecule has 0 N–H and O–H groups in total. The van der Waals surface area contributed by atoms with Crippen LogP contribution < -0.4 is 10.4 Å². The summed E-state index contributed by atoms with van der Waals surface area (Å²) in [6, 6.07) is 4.86. The lowest BCUT2D eigenvalue weighted by molar-refractivity contribution is 0.359. The second-order valence-electron chi connectivity index (χ2n) is 4.43. The summed E-state index contributed by atoms with van der Waals surface area (Å²) >= 11 is 11.8. The van der Waals surface area contributed by atoms with Crippen molar-refractivity contribution in [3.63, 3.8) is 0 Å². The first kappa shape index (κ1) is 14.9. The number of hydrogen-bond acceptors (Lipinski definition) is 3. The van der Waals surface area contributed by atoms with Gasteiger partial charge in [0, 0.05) is 22.6 Å². The Labute approximate surface area is 126 Å². The average molecular weight is 313 g/mol. The summed E-state index contributed by atoms with van der Waals surface area (Å²) in [4.78, 5) is 11.6. The molecule has 106 valence electrons. The lowest BCUT2D eigenvalue weighted by Crippen LogP contribution is -2.02.